The summed E-state index contributed by atoms with van der Waals surface area (Å²) in [6, 6.07) is 6.03. The molecule has 2 aromatic heterocycles. The second-order valence-electron chi connectivity index (χ2n) is 4.54. The zero-order valence-electron chi connectivity index (χ0n) is 12.1. The second-order valence-corrected chi connectivity index (χ2v) is 5.40. The van der Waals surface area contributed by atoms with E-state index in [1.54, 1.807) is 12.5 Å². The molecule has 0 aliphatic carbocycles. The summed E-state index contributed by atoms with van der Waals surface area (Å²) in [5, 5.41) is 13.5. The molecule has 0 aliphatic rings. The van der Waals surface area contributed by atoms with Crippen LogP contribution < -0.4 is 9.47 Å². The van der Waals surface area contributed by atoms with Gasteiger partial charge in [-0.25, -0.2) is 4.98 Å². The minimum Gasteiger partial charge on any atom is -0.493 e. The number of thiazole rings is 1. The Kier molecular flexibility index (Phi) is 4.24. The molecule has 2 heterocycles. The molecule has 0 saturated heterocycles. The summed E-state index contributed by atoms with van der Waals surface area (Å²) < 4.78 is 15.8. The van der Waals surface area contributed by atoms with Gasteiger partial charge in [-0.3, -0.25) is 10.1 Å². The van der Waals surface area contributed by atoms with E-state index in [0.717, 1.165) is 16.3 Å². The van der Waals surface area contributed by atoms with Crippen LogP contribution in [0.25, 0.3) is 10.6 Å². The van der Waals surface area contributed by atoms with E-state index in [2.05, 4.69) is 4.98 Å². The Balaban J connectivity index is 1.75. The van der Waals surface area contributed by atoms with E-state index in [1.165, 1.54) is 36.6 Å². The van der Waals surface area contributed by atoms with Crippen LogP contribution in [0.15, 0.2) is 46.6 Å². The van der Waals surface area contributed by atoms with E-state index >= 15 is 0 Å². The first-order chi connectivity index (χ1) is 11.2. The molecule has 0 spiro atoms. The normalized spacial score (nSPS) is 10.5. The number of hydrogen-bond acceptors (Lipinski definition) is 7. The first kappa shape index (κ1) is 15.0. The third-order valence-electron chi connectivity index (χ3n) is 3.05. The fourth-order valence-electron chi connectivity index (χ4n) is 1.94. The van der Waals surface area contributed by atoms with E-state index in [9.17, 15) is 10.1 Å². The van der Waals surface area contributed by atoms with Gasteiger partial charge in [0, 0.05) is 17.0 Å². The Morgan fingerprint density at radius 2 is 2.22 bits per heavy atom. The lowest BCUT2D eigenvalue weighted by molar-refractivity contribution is -0.385. The number of rotatable bonds is 6. The molecule has 1 aromatic carbocycles. The number of hydrogen-bond donors (Lipinski definition) is 0. The lowest BCUT2D eigenvalue weighted by Gasteiger charge is -2.09. The first-order valence-corrected chi connectivity index (χ1v) is 7.47. The average molecular weight is 332 g/mol. The van der Waals surface area contributed by atoms with Gasteiger partial charge in [-0.1, -0.05) is 0 Å². The first-order valence-electron chi connectivity index (χ1n) is 6.59. The van der Waals surface area contributed by atoms with E-state index < -0.39 is 4.92 Å². The molecule has 0 bridgehead atoms. The molecule has 0 unspecified atom stereocenters. The highest BCUT2D eigenvalue weighted by atomic mass is 32.1. The number of nitrogens with zero attached hydrogens (tertiary/aromatic N) is 2. The standard InChI is InChI=1S/C15H12N2O5S/c1-20-13-3-2-12(17(18)19)6-14(13)22-8-11-9-23-15(16-11)10-4-5-21-7-10/h2-7,9H,8H2,1H3. The number of non-ortho nitro benzene ring substituents is 1. The van der Waals surface area contributed by atoms with Gasteiger partial charge < -0.3 is 13.9 Å². The van der Waals surface area contributed by atoms with Crippen molar-refractivity contribution in [3.8, 4) is 22.1 Å². The molecule has 0 aliphatic heterocycles. The van der Waals surface area contributed by atoms with Crippen LogP contribution in [-0.4, -0.2) is 17.0 Å². The average Bonchev–Trinajstić information content (AvgIpc) is 3.23. The topological polar surface area (TPSA) is 87.6 Å². The molecule has 23 heavy (non-hydrogen) atoms. The van der Waals surface area contributed by atoms with Gasteiger partial charge in [0.2, 0.25) is 0 Å². The number of ether oxygens (including phenoxy) is 2. The van der Waals surface area contributed by atoms with E-state index in [1.807, 2.05) is 11.4 Å². The number of benzene rings is 1. The Morgan fingerprint density at radius 3 is 2.91 bits per heavy atom. The van der Waals surface area contributed by atoms with Gasteiger partial charge >= 0.3 is 0 Å². The molecular formula is C15H12N2O5S. The number of nitro groups is 1. The molecule has 3 rings (SSSR count). The summed E-state index contributed by atoms with van der Waals surface area (Å²) >= 11 is 1.47. The van der Waals surface area contributed by atoms with Crippen molar-refractivity contribution in [2.45, 2.75) is 6.61 Å². The smallest absolute Gasteiger partial charge is 0.273 e. The second kappa shape index (κ2) is 6.49. The fourth-order valence-corrected chi connectivity index (χ4v) is 2.73. The van der Waals surface area contributed by atoms with Crippen molar-refractivity contribution in [3.63, 3.8) is 0 Å². The molecule has 0 atom stereocenters. The predicted octanol–water partition coefficient (Wildman–Crippen LogP) is 3.90. The summed E-state index contributed by atoms with van der Waals surface area (Å²) in [5.41, 5.74) is 1.56. The van der Waals surface area contributed by atoms with Gasteiger partial charge in [-0.15, -0.1) is 11.3 Å². The number of aromatic nitrogens is 1. The van der Waals surface area contributed by atoms with Crippen molar-refractivity contribution in [2.24, 2.45) is 0 Å². The fraction of sp³-hybridized carbons (Fsp3) is 0.133. The summed E-state index contributed by atoms with van der Waals surface area (Å²) in [5.74, 6) is 0.737. The van der Waals surface area contributed by atoms with Gasteiger partial charge in [0.25, 0.3) is 5.69 Å². The maximum Gasteiger partial charge on any atom is 0.273 e. The zero-order chi connectivity index (χ0) is 16.2. The van der Waals surface area contributed by atoms with Crippen molar-refractivity contribution in [3.05, 3.63) is 58.0 Å². The van der Waals surface area contributed by atoms with Gasteiger partial charge in [-0.2, -0.15) is 0 Å². The quantitative estimate of drug-likeness (QED) is 0.502. The van der Waals surface area contributed by atoms with Crippen LogP contribution in [-0.2, 0) is 6.61 Å². The molecule has 118 valence electrons. The lowest BCUT2D eigenvalue weighted by Crippen LogP contribution is -1.99. The van der Waals surface area contributed by atoms with Crippen LogP contribution in [0.3, 0.4) is 0 Å². The maximum absolute atomic E-state index is 10.9. The summed E-state index contributed by atoms with van der Waals surface area (Å²) in [7, 11) is 1.48. The largest absolute Gasteiger partial charge is 0.493 e. The van der Waals surface area contributed by atoms with E-state index in [4.69, 9.17) is 13.9 Å². The SMILES string of the molecule is COc1ccc([N+](=O)[O-])cc1OCc1csc(-c2ccoc2)n1. The summed E-state index contributed by atoms with van der Waals surface area (Å²) in [6.07, 6.45) is 3.20. The van der Waals surface area contributed by atoms with Crippen LogP contribution in [0.1, 0.15) is 5.69 Å². The minimum atomic E-state index is -0.480. The lowest BCUT2D eigenvalue weighted by atomic mass is 10.3. The van der Waals surface area contributed by atoms with Crippen LogP contribution in [0.5, 0.6) is 11.5 Å². The van der Waals surface area contributed by atoms with Crippen molar-refractivity contribution in [1.82, 2.24) is 4.98 Å². The molecule has 0 radical (unpaired) electrons. The Hall–Kier alpha value is -2.87. The van der Waals surface area contributed by atoms with Crippen LogP contribution in [0.4, 0.5) is 5.69 Å². The van der Waals surface area contributed by atoms with Crippen molar-refractivity contribution >= 4 is 17.0 Å². The molecule has 8 heteroatoms. The molecule has 3 aromatic rings. The van der Waals surface area contributed by atoms with Gasteiger partial charge in [0.1, 0.15) is 17.9 Å². The minimum absolute atomic E-state index is 0.0573. The highest BCUT2D eigenvalue weighted by Gasteiger charge is 2.13. The number of nitro benzene ring substituents is 1. The van der Waals surface area contributed by atoms with Crippen molar-refractivity contribution in [1.29, 1.82) is 0 Å². The highest BCUT2D eigenvalue weighted by molar-refractivity contribution is 7.13. The van der Waals surface area contributed by atoms with Crippen LogP contribution in [0, 0.1) is 10.1 Å². The van der Waals surface area contributed by atoms with Crippen molar-refractivity contribution in [2.75, 3.05) is 7.11 Å². The third-order valence-corrected chi connectivity index (χ3v) is 3.99. The molecule has 0 amide bonds. The monoisotopic (exact) mass is 332 g/mol. The maximum atomic E-state index is 10.9. The Morgan fingerprint density at radius 1 is 1.35 bits per heavy atom. The molecule has 0 N–H and O–H groups in total. The third kappa shape index (κ3) is 3.32. The highest BCUT2D eigenvalue weighted by Crippen LogP contribution is 2.32. The van der Waals surface area contributed by atoms with Gasteiger partial charge in [0.05, 0.1) is 30.1 Å². The van der Waals surface area contributed by atoms with Crippen molar-refractivity contribution < 1.29 is 18.8 Å². The summed E-state index contributed by atoms with van der Waals surface area (Å²) in [6.45, 7) is 0.186. The molecule has 0 saturated carbocycles. The van der Waals surface area contributed by atoms with Crippen LogP contribution in [0.2, 0.25) is 0 Å². The van der Waals surface area contributed by atoms with E-state index in [0.29, 0.717) is 11.5 Å². The zero-order valence-corrected chi connectivity index (χ0v) is 12.9. The Bertz CT molecular complexity index is 813. The van der Waals surface area contributed by atoms with Gasteiger partial charge in [-0.05, 0) is 12.1 Å². The van der Waals surface area contributed by atoms with E-state index in [-0.39, 0.29) is 12.3 Å². The summed E-state index contributed by atoms with van der Waals surface area (Å²) in [4.78, 5) is 14.8. The predicted molar refractivity (Wildman–Crippen MR) is 83.8 cm³/mol. The van der Waals surface area contributed by atoms with Gasteiger partial charge in [0.15, 0.2) is 11.5 Å². The molecular weight excluding hydrogens is 320 g/mol. The number of methoxy groups -OCH3 is 1. The van der Waals surface area contributed by atoms with Crippen LogP contribution >= 0.6 is 11.3 Å². The Labute approximate surface area is 135 Å². The number of furan rings is 1. The molecule has 0 fully saturated rings. The molecule has 7 nitrogen and oxygen atoms in total.